The van der Waals surface area contributed by atoms with Gasteiger partial charge in [-0.05, 0) is 48.0 Å². The van der Waals surface area contributed by atoms with Crippen LogP contribution in [0.3, 0.4) is 0 Å². The Hall–Kier alpha value is -4.61. The molecule has 12 nitrogen and oxygen atoms in total. The Bertz CT molecular complexity index is 1390. The highest BCUT2D eigenvalue weighted by Crippen LogP contribution is 2.30. The molecule has 0 bridgehead atoms. The lowest BCUT2D eigenvalue weighted by Crippen LogP contribution is -2.44. The SMILES string of the molecule is CCc1c(C)nn2cn[n+](CC(=O)N/N=C\c3ccc(-c4ccccc4[N+](=O)[O-])o3)c2c1[O-]. The molecule has 0 spiro atoms. The maximum absolute atomic E-state index is 12.7. The number of fused-ring (bicyclic) bond motifs is 1. The summed E-state index contributed by atoms with van der Waals surface area (Å²) in [7, 11) is 0. The first kappa shape index (κ1) is 21.6. The van der Waals surface area contributed by atoms with Crippen LogP contribution in [0.2, 0.25) is 0 Å². The monoisotopic (exact) mass is 449 g/mol. The Balaban J connectivity index is 1.46. The molecule has 12 heteroatoms. The van der Waals surface area contributed by atoms with Gasteiger partial charge in [0.15, 0.2) is 6.54 Å². The molecule has 0 aliphatic heterocycles. The van der Waals surface area contributed by atoms with Gasteiger partial charge in [0.25, 0.3) is 17.9 Å². The van der Waals surface area contributed by atoms with Crippen molar-refractivity contribution in [2.75, 3.05) is 0 Å². The van der Waals surface area contributed by atoms with Crippen molar-refractivity contribution in [1.29, 1.82) is 0 Å². The average Bonchev–Trinajstić information content (AvgIpc) is 3.41. The molecule has 1 N–H and O–H groups in total. The van der Waals surface area contributed by atoms with E-state index in [0.29, 0.717) is 29.0 Å². The van der Waals surface area contributed by atoms with Gasteiger partial charge in [-0.3, -0.25) is 14.9 Å². The first-order valence-electron chi connectivity index (χ1n) is 9.98. The van der Waals surface area contributed by atoms with Gasteiger partial charge in [-0.25, -0.2) is 5.43 Å². The number of rotatable bonds is 7. The highest BCUT2D eigenvalue weighted by atomic mass is 16.6. The number of nitro benzene ring substituents is 1. The predicted molar refractivity (Wildman–Crippen MR) is 113 cm³/mol. The molecule has 0 atom stereocenters. The summed E-state index contributed by atoms with van der Waals surface area (Å²) in [6, 6.07) is 9.36. The molecule has 1 amide bonds. The van der Waals surface area contributed by atoms with Gasteiger partial charge in [0.1, 0.15) is 11.5 Å². The summed E-state index contributed by atoms with van der Waals surface area (Å²) in [6.45, 7) is 3.37. The Kier molecular flexibility index (Phi) is 5.81. The topological polar surface area (TPSA) is 155 Å². The fraction of sp³-hybridized carbons (Fsp3) is 0.190. The molecule has 0 saturated carbocycles. The van der Waals surface area contributed by atoms with E-state index >= 15 is 0 Å². The van der Waals surface area contributed by atoms with Crippen LogP contribution in [-0.4, -0.2) is 31.8 Å². The molecule has 0 saturated heterocycles. The standard InChI is InChI=1S/C21H19N7O5/c1-3-15-13(2)25-27-12-23-26(21(27)20(15)30)11-19(29)24-22-10-14-8-9-18(33-14)16-6-4-5-7-17(16)28(31)32/h4-10,12H,3,11H2,1-2H3,(H-,24,25,29,30)/b22-10-. The van der Waals surface area contributed by atoms with E-state index in [-0.39, 0.29) is 29.4 Å². The maximum atomic E-state index is 12.7. The third kappa shape index (κ3) is 4.26. The molecular formula is C21H19N7O5. The van der Waals surface area contributed by atoms with Gasteiger partial charge in [-0.2, -0.15) is 5.10 Å². The lowest BCUT2D eigenvalue weighted by Gasteiger charge is -2.11. The van der Waals surface area contributed by atoms with Crippen molar-refractivity contribution >= 4 is 23.5 Å². The van der Waals surface area contributed by atoms with Crippen molar-refractivity contribution in [2.45, 2.75) is 26.8 Å². The second kappa shape index (κ2) is 8.86. The smallest absolute Gasteiger partial charge is 0.322 e. The number of aryl methyl sites for hydroxylation is 1. The molecule has 4 aromatic rings. The predicted octanol–water partition coefficient (Wildman–Crippen LogP) is 1.28. The van der Waals surface area contributed by atoms with Gasteiger partial charge in [0.2, 0.25) is 0 Å². The number of amides is 1. The van der Waals surface area contributed by atoms with Crippen LogP contribution in [0, 0.1) is 17.0 Å². The van der Waals surface area contributed by atoms with Gasteiger partial charge in [-0.15, -0.1) is 4.68 Å². The summed E-state index contributed by atoms with van der Waals surface area (Å²) >= 11 is 0. The van der Waals surface area contributed by atoms with Crippen LogP contribution in [0.5, 0.6) is 5.75 Å². The van der Waals surface area contributed by atoms with E-state index < -0.39 is 10.8 Å². The number of benzene rings is 1. The minimum atomic E-state index is -0.514. The number of furan rings is 1. The van der Waals surface area contributed by atoms with Crippen LogP contribution in [0.1, 0.15) is 23.9 Å². The van der Waals surface area contributed by atoms with Gasteiger partial charge in [0.05, 0.1) is 22.4 Å². The van der Waals surface area contributed by atoms with Crippen molar-refractivity contribution in [3.05, 3.63) is 69.9 Å². The summed E-state index contributed by atoms with van der Waals surface area (Å²) < 4.78 is 8.19. The summed E-state index contributed by atoms with van der Waals surface area (Å²) in [5, 5.41) is 36.1. The number of para-hydroxylation sites is 1. The van der Waals surface area contributed by atoms with Crippen LogP contribution in [0.15, 0.2) is 52.2 Å². The number of nitrogens with zero attached hydrogens (tertiary/aromatic N) is 6. The number of nitro groups is 1. The van der Waals surface area contributed by atoms with Crippen LogP contribution < -0.4 is 15.2 Å². The van der Waals surface area contributed by atoms with Crippen molar-refractivity contribution in [2.24, 2.45) is 5.10 Å². The van der Waals surface area contributed by atoms with Crippen molar-refractivity contribution in [3.8, 4) is 17.1 Å². The summed E-state index contributed by atoms with van der Waals surface area (Å²) in [4.78, 5) is 23.0. The normalized spacial score (nSPS) is 11.3. The van der Waals surface area contributed by atoms with Crippen LogP contribution in [0.25, 0.3) is 17.0 Å². The Morgan fingerprint density at radius 1 is 1.33 bits per heavy atom. The summed E-state index contributed by atoms with van der Waals surface area (Å²) in [6.07, 6.45) is 3.16. The number of nitrogens with one attached hydrogen (secondary N) is 1. The fourth-order valence-corrected chi connectivity index (χ4v) is 3.43. The van der Waals surface area contributed by atoms with E-state index in [4.69, 9.17) is 4.42 Å². The number of hydrogen-bond donors (Lipinski definition) is 1. The molecule has 3 aromatic heterocycles. The molecular weight excluding hydrogens is 430 g/mol. The Morgan fingerprint density at radius 3 is 2.88 bits per heavy atom. The van der Waals surface area contributed by atoms with E-state index in [0.717, 1.165) is 0 Å². The lowest BCUT2D eigenvalue weighted by atomic mass is 10.1. The van der Waals surface area contributed by atoms with Gasteiger partial charge in [-0.1, -0.05) is 28.7 Å². The lowest BCUT2D eigenvalue weighted by molar-refractivity contribution is -0.717. The van der Waals surface area contributed by atoms with Crippen LogP contribution in [0.4, 0.5) is 5.69 Å². The third-order valence-corrected chi connectivity index (χ3v) is 4.95. The van der Waals surface area contributed by atoms with Crippen LogP contribution >= 0.6 is 0 Å². The molecule has 33 heavy (non-hydrogen) atoms. The van der Waals surface area contributed by atoms with E-state index in [1.807, 2.05) is 6.92 Å². The van der Waals surface area contributed by atoms with E-state index in [9.17, 15) is 20.0 Å². The minimum Gasteiger partial charge on any atom is -0.867 e. The van der Waals surface area contributed by atoms with Gasteiger partial charge in [0, 0.05) is 6.07 Å². The molecule has 0 fully saturated rings. The second-order valence-electron chi connectivity index (χ2n) is 7.07. The van der Waals surface area contributed by atoms with E-state index in [2.05, 4.69) is 20.7 Å². The molecule has 0 aliphatic rings. The van der Waals surface area contributed by atoms with Crippen molar-refractivity contribution in [1.82, 2.24) is 20.1 Å². The number of carbonyl (C=O) groups excluding carboxylic acids is 1. The minimum absolute atomic E-state index is 0.0818. The summed E-state index contributed by atoms with van der Waals surface area (Å²) in [5.41, 5.74) is 3.97. The first-order valence-corrected chi connectivity index (χ1v) is 9.98. The van der Waals surface area contributed by atoms with Crippen molar-refractivity contribution < 1.29 is 23.9 Å². The Morgan fingerprint density at radius 2 is 2.12 bits per heavy atom. The largest absolute Gasteiger partial charge is 0.867 e. The molecule has 3 heterocycles. The van der Waals surface area contributed by atoms with E-state index in [1.54, 1.807) is 37.3 Å². The van der Waals surface area contributed by atoms with Gasteiger partial charge < -0.3 is 9.52 Å². The highest BCUT2D eigenvalue weighted by Gasteiger charge is 2.20. The Labute approximate surface area is 186 Å². The maximum Gasteiger partial charge on any atom is 0.322 e. The third-order valence-electron chi connectivity index (χ3n) is 4.95. The number of hydrazone groups is 1. The number of hydrogen-bond acceptors (Lipinski definition) is 8. The second-order valence-corrected chi connectivity index (χ2v) is 7.07. The van der Waals surface area contributed by atoms with E-state index in [1.165, 1.54) is 27.8 Å². The molecule has 0 radical (unpaired) electrons. The highest BCUT2D eigenvalue weighted by molar-refractivity contribution is 5.81. The van der Waals surface area contributed by atoms with Crippen LogP contribution in [-0.2, 0) is 17.8 Å². The quantitative estimate of drug-likeness (QED) is 0.193. The van der Waals surface area contributed by atoms with Gasteiger partial charge >= 0.3 is 5.65 Å². The molecule has 0 aliphatic carbocycles. The number of aromatic nitrogens is 4. The van der Waals surface area contributed by atoms with Crippen molar-refractivity contribution in [3.63, 3.8) is 0 Å². The summed E-state index contributed by atoms with van der Waals surface area (Å²) in [5.74, 6) is -0.150. The molecule has 0 unspecified atom stereocenters. The molecule has 168 valence electrons. The first-order chi connectivity index (χ1) is 15.9. The fourth-order valence-electron chi connectivity index (χ4n) is 3.43. The molecule has 1 aromatic carbocycles. The zero-order chi connectivity index (χ0) is 23.5. The average molecular weight is 449 g/mol. The molecule has 4 rings (SSSR count). The zero-order valence-electron chi connectivity index (χ0n) is 17.8. The number of carbonyl (C=O) groups is 1. The zero-order valence-corrected chi connectivity index (χ0v) is 17.8.